The van der Waals surface area contributed by atoms with Crippen molar-refractivity contribution >= 4 is 0 Å². The molecule has 0 amide bonds. The molecule has 0 aromatic heterocycles. The van der Waals surface area contributed by atoms with Crippen molar-refractivity contribution in [1.82, 2.24) is 0 Å². The van der Waals surface area contributed by atoms with Crippen LogP contribution in [0, 0.1) is 11.8 Å². The Morgan fingerprint density at radius 2 is 1.00 bits per heavy atom. The molecule has 0 aromatic rings. The molecule has 3 nitrogen and oxygen atoms in total. The van der Waals surface area contributed by atoms with E-state index in [0.717, 1.165) is 19.4 Å². The predicted molar refractivity (Wildman–Crippen MR) is 132 cm³/mol. The van der Waals surface area contributed by atoms with Crippen molar-refractivity contribution in [3.63, 3.8) is 0 Å². The van der Waals surface area contributed by atoms with Crippen LogP contribution in [-0.4, -0.2) is 17.6 Å². The van der Waals surface area contributed by atoms with Crippen LogP contribution < -0.4 is 0 Å². The van der Waals surface area contributed by atoms with Crippen molar-refractivity contribution in [3.05, 3.63) is 34.9 Å². The van der Waals surface area contributed by atoms with Gasteiger partial charge in [-0.1, -0.05) is 68.2 Å². The molecule has 4 heteroatoms. The molecule has 0 spiro atoms. The standard InChI is InChI=1S/C12H24N2.2C5H11.C3H7N.W/c1-7-11(3,4)13-9-10-14-12(5,6)8-2;2*1-4-5(2)3;1-2-3-4;/h9-10H,7-8H2,1-6H3;2*4H2,1-3H3;2-3H2,1H3;/q-2;2*-1;;/b10-9-;;;;. The molecule has 0 unspecified atom stereocenters. The van der Waals surface area contributed by atoms with Crippen molar-refractivity contribution < 1.29 is 19.6 Å². The minimum atomic E-state index is 0.0440. The smallest absolute Gasteiger partial charge is 0.0923 e. The normalized spacial score (nSPS) is 11.0. The van der Waals surface area contributed by atoms with E-state index in [1.165, 1.54) is 50.7 Å². The summed E-state index contributed by atoms with van der Waals surface area (Å²) in [6, 6.07) is 0. The van der Waals surface area contributed by atoms with Crippen molar-refractivity contribution in [1.29, 1.82) is 0 Å². The number of nitrogens with zero attached hydrogens (tertiary/aromatic N) is 3. The molecule has 0 N–H and O–H groups in total. The van der Waals surface area contributed by atoms with Gasteiger partial charge in [-0.15, -0.1) is 11.1 Å². The predicted octanol–water partition coefficient (Wildman–Crippen LogP) is 9.73. The van der Waals surface area contributed by atoms with E-state index in [0.29, 0.717) is 0 Å². The Hall–Kier alpha value is -0.172. The molecule has 0 fully saturated rings. The average molecular weight is 580 g/mol. The van der Waals surface area contributed by atoms with Gasteiger partial charge in [0.15, 0.2) is 0 Å². The van der Waals surface area contributed by atoms with E-state index in [1.807, 2.05) is 12.4 Å². The van der Waals surface area contributed by atoms with Gasteiger partial charge in [0.25, 0.3) is 0 Å². The summed E-state index contributed by atoms with van der Waals surface area (Å²) in [4.78, 5) is 0. The van der Waals surface area contributed by atoms with Gasteiger partial charge in [0, 0.05) is 0 Å². The Kier molecular flexibility index (Phi) is 30.1. The van der Waals surface area contributed by atoms with Gasteiger partial charge in [0.1, 0.15) is 0 Å². The summed E-state index contributed by atoms with van der Waals surface area (Å²) in [5.74, 6) is 3.01. The molecule has 0 bridgehead atoms. The molecule has 0 saturated heterocycles. The summed E-state index contributed by atoms with van der Waals surface area (Å²) < 4.78 is 3.94. The number of hydrogen-bond acceptors (Lipinski definition) is 1. The van der Waals surface area contributed by atoms with Crippen LogP contribution in [0.3, 0.4) is 0 Å². The van der Waals surface area contributed by atoms with Crippen LogP contribution in [0.4, 0.5) is 0 Å². The van der Waals surface area contributed by atoms with Crippen LogP contribution in [0.2, 0.25) is 0 Å². The van der Waals surface area contributed by atoms with Gasteiger partial charge < -0.3 is 22.5 Å². The Bertz CT molecular complexity index is 320. The van der Waals surface area contributed by atoms with E-state index >= 15 is 0 Å². The third-order valence-electron chi connectivity index (χ3n) is 4.37. The fourth-order valence-corrected chi connectivity index (χ4v) is 1.40. The summed E-state index contributed by atoms with van der Waals surface area (Å²) in [6.45, 7) is 28.9. The molecule has 0 aliphatic heterocycles. The molecular formula is C25H53N3W-4. The zero-order valence-corrected chi connectivity index (χ0v) is 25.1. The SMILES string of the molecule is CCC(C)(C)[N-]/C=C\[N-]C(C)(C)CC.CCC[N]=[W].CC[C-](C)C.CC[C-](C)C. The zero-order chi connectivity index (χ0) is 23.9. The summed E-state index contributed by atoms with van der Waals surface area (Å²) in [7, 11) is 0. The molecule has 0 aliphatic rings. The first-order chi connectivity index (χ1) is 13.3. The first-order valence-corrected chi connectivity index (χ1v) is 12.6. The molecule has 0 radical (unpaired) electrons. The van der Waals surface area contributed by atoms with Gasteiger partial charge in [-0.2, -0.15) is 40.5 Å². The third kappa shape index (κ3) is 42.8. The zero-order valence-electron chi connectivity index (χ0n) is 22.1. The van der Waals surface area contributed by atoms with Gasteiger partial charge >= 0.3 is 43.0 Å². The van der Waals surface area contributed by atoms with Crippen LogP contribution in [0.25, 0.3) is 10.6 Å². The Labute approximate surface area is 197 Å². The molecule has 0 rings (SSSR count). The summed E-state index contributed by atoms with van der Waals surface area (Å²) in [5.41, 5.74) is 0.0881. The van der Waals surface area contributed by atoms with Crippen LogP contribution in [0.5, 0.6) is 0 Å². The molecule has 0 heterocycles. The summed E-state index contributed by atoms with van der Waals surface area (Å²) in [5, 5.41) is 8.88. The van der Waals surface area contributed by atoms with E-state index in [2.05, 4.69) is 104 Å². The molecule has 0 aromatic carbocycles. The maximum Gasteiger partial charge on any atom is -0.0923 e. The topological polar surface area (TPSA) is 40.6 Å². The fraction of sp³-hybridized carbons (Fsp3) is 0.840. The largest absolute Gasteiger partial charge is 0.320 e. The van der Waals surface area contributed by atoms with E-state index in [9.17, 15) is 0 Å². The maximum atomic E-state index is 4.44. The molecule has 0 saturated carbocycles. The Morgan fingerprint density at radius 3 is 1.10 bits per heavy atom. The van der Waals surface area contributed by atoms with E-state index in [-0.39, 0.29) is 11.1 Å². The van der Waals surface area contributed by atoms with Gasteiger partial charge in [-0.3, -0.25) is 0 Å². The van der Waals surface area contributed by atoms with Crippen LogP contribution >= 0.6 is 0 Å². The maximum absolute atomic E-state index is 4.44. The molecule has 29 heavy (non-hydrogen) atoms. The van der Waals surface area contributed by atoms with Gasteiger partial charge in [-0.05, 0) is 0 Å². The summed E-state index contributed by atoms with van der Waals surface area (Å²) >= 11 is 1.35. The second-order valence-electron chi connectivity index (χ2n) is 8.86. The summed E-state index contributed by atoms with van der Waals surface area (Å²) in [6.07, 6.45) is 9.38. The first-order valence-electron chi connectivity index (χ1n) is 11.2. The average Bonchev–Trinajstić information content (AvgIpc) is 2.67. The van der Waals surface area contributed by atoms with E-state index < -0.39 is 0 Å². The van der Waals surface area contributed by atoms with Gasteiger partial charge in [0.2, 0.25) is 0 Å². The minimum Gasteiger partial charge on any atom is -0.320 e. The third-order valence-corrected chi connectivity index (χ3v) is 5.03. The van der Waals surface area contributed by atoms with Gasteiger partial charge in [-0.25, -0.2) is 12.4 Å². The molecule has 0 aliphatic carbocycles. The molecular weight excluding hydrogens is 526 g/mol. The molecule has 0 atom stereocenters. The fourth-order valence-electron chi connectivity index (χ4n) is 0.744. The molecule has 178 valence electrons. The van der Waals surface area contributed by atoms with Crippen LogP contribution in [-0.2, 0) is 19.6 Å². The Balaban J connectivity index is -0.000000171. The minimum absolute atomic E-state index is 0.0440. The number of hydrogen-bond donors (Lipinski definition) is 0. The first kappa shape index (κ1) is 36.2. The van der Waals surface area contributed by atoms with E-state index in [4.69, 9.17) is 0 Å². The van der Waals surface area contributed by atoms with Crippen molar-refractivity contribution in [3.8, 4) is 0 Å². The van der Waals surface area contributed by atoms with Gasteiger partial charge in [0.05, 0.1) is 0 Å². The monoisotopic (exact) mass is 579 g/mol. The second kappa shape index (κ2) is 24.1. The van der Waals surface area contributed by atoms with Crippen molar-refractivity contribution in [2.75, 3.05) is 6.54 Å². The Morgan fingerprint density at radius 1 is 0.724 bits per heavy atom. The van der Waals surface area contributed by atoms with Crippen molar-refractivity contribution in [2.45, 2.75) is 133 Å². The quantitative estimate of drug-likeness (QED) is 0.231. The second-order valence-corrected chi connectivity index (χ2v) is 9.79. The number of rotatable bonds is 10. The van der Waals surface area contributed by atoms with E-state index in [1.54, 1.807) is 0 Å². The van der Waals surface area contributed by atoms with Crippen molar-refractivity contribution in [2.24, 2.45) is 3.50 Å². The van der Waals surface area contributed by atoms with Crippen LogP contribution in [0.1, 0.15) is 122 Å². The van der Waals surface area contributed by atoms with Crippen LogP contribution in [0.15, 0.2) is 15.9 Å².